The molecule has 1 heterocycles. The molecule has 3 aromatic rings. The van der Waals surface area contributed by atoms with Crippen molar-refractivity contribution in [2.24, 2.45) is 0 Å². The number of benzene rings is 2. The first-order valence-electron chi connectivity index (χ1n) is 8.63. The van der Waals surface area contributed by atoms with E-state index in [2.05, 4.69) is 45.5 Å². The van der Waals surface area contributed by atoms with Crippen LogP contribution < -0.4 is 10.6 Å². The summed E-state index contributed by atoms with van der Waals surface area (Å²) in [4.78, 5) is 12.3. The van der Waals surface area contributed by atoms with Crippen molar-refractivity contribution in [3.05, 3.63) is 63.5 Å². The fraction of sp³-hybridized carbons (Fsp3) is 0.200. The Balaban J connectivity index is 1.84. The first-order valence-corrected chi connectivity index (χ1v) is 9.80. The van der Waals surface area contributed by atoms with Crippen LogP contribution in [0.4, 0.5) is 20.6 Å². The molecule has 2 aromatic carbocycles. The summed E-state index contributed by atoms with van der Waals surface area (Å²) in [6.45, 7) is 6.12. The molecule has 0 aliphatic carbocycles. The molecular formula is C20H19BrClFN4O. The van der Waals surface area contributed by atoms with Gasteiger partial charge in [-0.3, -0.25) is 4.68 Å². The molecular weight excluding hydrogens is 447 g/mol. The molecule has 0 atom stereocenters. The number of amides is 2. The minimum atomic E-state index is -0.539. The van der Waals surface area contributed by atoms with Crippen molar-refractivity contribution >= 4 is 44.9 Å². The predicted molar refractivity (Wildman–Crippen MR) is 115 cm³/mol. The molecule has 2 amide bonds. The first kappa shape index (κ1) is 20.4. The van der Waals surface area contributed by atoms with Crippen LogP contribution in [-0.4, -0.2) is 15.8 Å². The smallest absolute Gasteiger partial charge is 0.308 e. The summed E-state index contributed by atoms with van der Waals surface area (Å²) in [5, 5.41) is 9.80. The monoisotopic (exact) mass is 464 g/mol. The summed E-state index contributed by atoms with van der Waals surface area (Å²) in [5.41, 5.74) is 3.98. The van der Waals surface area contributed by atoms with Crippen LogP contribution >= 0.6 is 27.5 Å². The standard InChI is InChI=1S/C20H19BrClFN4O/c1-11(2)27-19(16(21)10-24-27)15-8-13(5-4-12(15)3)25-20(28)26-14-6-7-18(23)17(22)9-14/h4-11H,1-3H3,(H2,25,26,28). The van der Waals surface area contributed by atoms with E-state index in [9.17, 15) is 9.18 Å². The molecule has 0 radical (unpaired) electrons. The van der Waals surface area contributed by atoms with Crippen molar-refractivity contribution in [2.75, 3.05) is 10.6 Å². The second-order valence-electron chi connectivity index (χ2n) is 6.62. The Morgan fingerprint density at radius 2 is 1.82 bits per heavy atom. The molecule has 0 fully saturated rings. The van der Waals surface area contributed by atoms with Crippen LogP contribution in [0.25, 0.3) is 11.3 Å². The Hall–Kier alpha value is -2.38. The van der Waals surface area contributed by atoms with Crippen molar-refractivity contribution in [3.63, 3.8) is 0 Å². The molecule has 8 heteroatoms. The van der Waals surface area contributed by atoms with Gasteiger partial charge >= 0.3 is 6.03 Å². The van der Waals surface area contributed by atoms with Crippen LogP contribution in [0.5, 0.6) is 0 Å². The molecule has 146 valence electrons. The number of hydrogen-bond acceptors (Lipinski definition) is 2. The summed E-state index contributed by atoms with van der Waals surface area (Å²) in [6.07, 6.45) is 1.76. The molecule has 5 nitrogen and oxygen atoms in total. The minimum Gasteiger partial charge on any atom is -0.308 e. The summed E-state index contributed by atoms with van der Waals surface area (Å²) < 4.78 is 16.1. The van der Waals surface area contributed by atoms with E-state index in [1.54, 1.807) is 6.20 Å². The lowest BCUT2D eigenvalue weighted by atomic mass is 10.0. The zero-order chi connectivity index (χ0) is 20.4. The number of halogens is 3. The highest BCUT2D eigenvalue weighted by atomic mass is 79.9. The lowest BCUT2D eigenvalue weighted by molar-refractivity contribution is 0.262. The normalized spacial score (nSPS) is 11.0. The van der Waals surface area contributed by atoms with Gasteiger partial charge in [-0.2, -0.15) is 5.10 Å². The maximum absolute atomic E-state index is 13.3. The number of aryl methyl sites for hydroxylation is 1. The van der Waals surface area contributed by atoms with E-state index in [-0.39, 0.29) is 11.1 Å². The van der Waals surface area contributed by atoms with Crippen LogP contribution in [-0.2, 0) is 0 Å². The van der Waals surface area contributed by atoms with Gasteiger partial charge in [0.1, 0.15) is 5.82 Å². The van der Waals surface area contributed by atoms with Gasteiger partial charge in [-0.15, -0.1) is 0 Å². The van der Waals surface area contributed by atoms with Crippen LogP contribution in [0.1, 0.15) is 25.5 Å². The second-order valence-corrected chi connectivity index (χ2v) is 7.88. The van der Waals surface area contributed by atoms with Gasteiger partial charge in [0.25, 0.3) is 0 Å². The van der Waals surface area contributed by atoms with Gasteiger partial charge in [0, 0.05) is 23.0 Å². The lowest BCUT2D eigenvalue weighted by Gasteiger charge is -2.15. The highest BCUT2D eigenvalue weighted by molar-refractivity contribution is 9.10. The van der Waals surface area contributed by atoms with E-state index in [1.165, 1.54) is 18.2 Å². The summed E-state index contributed by atoms with van der Waals surface area (Å²) >= 11 is 9.31. The highest BCUT2D eigenvalue weighted by Crippen LogP contribution is 2.34. The SMILES string of the molecule is Cc1ccc(NC(=O)Nc2ccc(F)c(Cl)c2)cc1-c1c(Br)cnn1C(C)C. The number of hydrogen-bond donors (Lipinski definition) is 2. The van der Waals surface area contributed by atoms with E-state index in [0.717, 1.165) is 21.3 Å². The number of carbonyl (C=O) groups is 1. The van der Waals surface area contributed by atoms with E-state index >= 15 is 0 Å². The average Bonchev–Trinajstić information content (AvgIpc) is 3.01. The Morgan fingerprint density at radius 3 is 2.46 bits per heavy atom. The van der Waals surface area contributed by atoms with Gasteiger partial charge in [0.05, 0.1) is 21.4 Å². The van der Waals surface area contributed by atoms with E-state index in [0.29, 0.717) is 11.4 Å². The zero-order valence-electron chi connectivity index (χ0n) is 15.6. The molecule has 0 saturated carbocycles. The van der Waals surface area contributed by atoms with E-state index in [4.69, 9.17) is 11.6 Å². The number of urea groups is 1. The Morgan fingerprint density at radius 1 is 1.18 bits per heavy atom. The quantitative estimate of drug-likeness (QED) is 0.454. The van der Waals surface area contributed by atoms with Gasteiger partial charge in [-0.25, -0.2) is 9.18 Å². The van der Waals surface area contributed by atoms with E-state index < -0.39 is 11.8 Å². The van der Waals surface area contributed by atoms with Gasteiger partial charge in [-0.1, -0.05) is 17.7 Å². The molecule has 0 bridgehead atoms. The third kappa shape index (κ3) is 4.36. The van der Waals surface area contributed by atoms with Crippen LogP contribution in [0.3, 0.4) is 0 Å². The number of nitrogens with zero attached hydrogens (tertiary/aromatic N) is 2. The van der Waals surface area contributed by atoms with Crippen LogP contribution in [0.2, 0.25) is 5.02 Å². The largest absolute Gasteiger partial charge is 0.323 e. The lowest BCUT2D eigenvalue weighted by Crippen LogP contribution is -2.19. The zero-order valence-corrected chi connectivity index (χ0v) is 17.9. The molecule has 0 aliphatic heterocycles. The average molecular weight is 466 g/mol. The summed E-state index contributed by atoms with van der Waals surface area (Å²) in [7, 11) is 0. The topological polar surface area (TPSA) is 59.0 Å². The number of rotatable bonds is 4. The fourth-order valence-corrected chi connectivity index (χ4v) is 3.47. The van der Waals surface area contributed by atoms with Crippen molar-refractivity contribution in [3.8, 4) is 11.3 Å². The number of anilines is 2. The van der Waals surface area contributed by atoms with Crippen molar-refractivity contribution in [2.45, 2.75) is 26.8 Å². The second kappa shape index (κ2) is 8.32. The van der Waals surface area contributed by atoms with Crippen LogP contribution in [0.15, 0.2) is 47.1 Å². The van der Waals surface area contributed by atoms with Gasteiger partial charge in [0.15, 0.2) is 0 Å². The molecule has 28 heavy (non-hydrogen) atoms. The maximum Gasteiger partial charge on any atom is 0.323 e. The number of carbonyl (C=O) groups excluding carboxylic acids is 1. The van der Waals surface area contributed by atoms with Crippen molar-refractivity contribution < 1.29 is 9.18 Å². The van der Waals surface area contributed by atoms with Gasteiger partial charge in [0.2, 0.25) is 0 Å². The molecule has 0 saturated heterocycles. The number of aromatic nitrogens is 2. The number of nitrogens with one attached hydrogen (secondary N) is 2. The molecule has 0 spiro atoms. The molecule has 0 unspecified atom stereocenters. The van der Waals surface area contributed by atoms with E-state index in [1.807, 2.05) is 29.8 Å². The fourth-order valence-electron chi connectivity index (χ4n) is 2.81. The van der Waals surface area contributed by atoms with Crippen molar-refractivity contribution in [1.29, 1.82) is 0 Å². The third-order valence-electron chi connectivity index (χ3n) is 4.17. The summed E-state index contributed by atoms with van der Waals surface area (Å²) in [6, 6.07) is 9.39. The van der Waals surface area contributed by atoms with Crippen LogP contribution in [0, 0.1) is 12.7 Å². The molecule has 3 rings (SSSR count). The van der Waals surface area contributed by atoms with Gasteiger partial charge < -0.3 is 10.6 Å². The first-order chi connectivity index (χ1) is 13.3. The Bertz CT molecular complexity index is 1040. The minimum absolute atomic E-state index is 0.0535. The summed E-state index contributed by atoms with van der Waals surface area (Å²) in [5.74, 6) is -0.539. The molecule has 2 N–H and O–H groups in total. The third-order valence-corrected chi connectivity index (χ3v) is 5.04. The predicted octanol–water partition coefficient (Wildman–Crippen LogP) is 6.64. The molecule has 1 aromatic heterocycles. The van der Waals surface area contributed by atoms with Gasteiger partial charge in [-0.05, 0) is 72.6 Å². The Labute approximate surface area is 176 Å². The molecule has 0 aliphatic rings. The van der Waals surface area contributed by atoms with Crippen molar-refractivity contribution in [1.82, 2.24) is 9.78 Å². The maximum atomic E-state index is 13.3. The Kier molecular flexibility index (Phi) is 6.05. The highest BCUT2D eigenvalue weighted by Gasteiger charge is 2.16.